The van der Waals surface area contributed by atoms with E-state index >= 15 is 0 Å². The third-order valence-corrected chi connectivity index (χ3v) is 4.34. The number of benzene rings is 2. The Morgan fingerprint density at radius 2 is 1.90 bits per heavy atom. The van der Waals surface area contributed by atoms with Crippen LogP contribution in [0.15, 0.2) is 60.8 Å². The highest BCUT2D eigenvalue weighted by Gasteiger charge is 2.21. The summed E-state index contributed by atoms with van der Waals surface area (Å²) < 4.78 is 27.4. The summed E-state index contributed by atoms with van der Waals surface area (Å²) in [7, 11) is 0. The fourth-order valence-electron chi connectivity index (χ4n) is 3.09. The van der Waals surface area contributed by atoms with E-state index in [9.17, 15) is 23.5 Å². The van der Waals surface area contributed by atoms with Crippen LogP contribution in [-0.2, 0) is 6.42 Å². The third kappa shape index (κ3) is 4.73. The molecule has 0 aliphatic carbocycles. The Morgan fingerprint density at radius 1 is 1.10 bits per heavy atom. The minimum Gasteiger partial charge on any atom is -0.465 e. The first-order valence-electron chi connectivity index (χ1n) is 8.63. The van der Waals surface area contributed by atoms with Gasteiger partial charge in [-0.25, -0.2) is 13.6 Å². The van der Waals surface area contributed by atoms with Crippen LogP contribution in [0.3, 0.4) is 0 Å². The molecule has 0 radical (unpaired) electrons. The lowest BCUT2D eigenvalue weighted by atomic mass is 9.94. The molecule has 0 bridgehead atoms. The minimum absolute atomic E-state index is 0.137. The second-order valence-electron chi connectivity index (χ2n) is 6.33. The molecule has 1 aromatic heterocycles. The van der Waals surface area contributed by atoms with Gasteiger partial charge < -0.3 is 16.2 Å². The van der Waals surface area contributed by atoms with Crippen LogP contribution < -0.4 is 11.1 Å². The van der Waals surface area contributed by atoms with E-state index in [0.717, 1.165) is 6.07 Å². The zero-order chi connectivity index (χ0) is 21.0. The molecule has 3 aromatic rings. The number of rotatable bonds is 6. The summed E-state index contributed by atoms with van der Waals surface area (Å²) in [5.74, 6) is -2.12. The molecule has 0 aliphatic heterocycles. The van der Waals surface area contributed by atoms with Gasteiger partial charge >= 0.3 is 6.09 Å². The molecule has 1 atom stereocenters. The monoisotopic (exact) mass is 397 g/mol. The molecule has 0 saturated heterocycles. The van der Waals surface area contributed by atoms with Crippen molar-refractivity contribution in [1.29, 1.82) is 0 Å². The molecular formula is C21H17F2N3O3. The van der Waals surface area contributed by atoms with Crippen LogP contribution in [0.25, 0.3) is 11.1 Å². The molecule has 148 valence electrons. The number of nitrogens with two attached hydrogens (primary N) is 1. The molecule has 0 saturated carbocycles. The van der Waals surface area contributed by atoms with E-state index in [1.807, 2.05) is 0 Å². The molecule has 6 nitrogen and oxygen atoms in total. The smallest absolute Gasteiger partial charge is 0.405 e. The van der Waals surface area contributed by atoms with Crippen LogP contribution in [0.1, 0.15) is 27.7 Å². The average molecular weight is 397 g/mol. The van der Waals surface area contributed by atoms with Crippen LogP contribution in [0.5, 0.6) is 0 Å². The summed E-state index contributed by atoms with van der Waals surface area (Å²) in [5.41, 5.74) is 6.78. The lowest BCUT2D eigenvalue weighted by molar-refractivity contribution is 0.0996. The predicted octanol–water partition coefficient (Wildman–Crippen LogP) is 3.68. The van der Waals surface area contributed by atoms with Crippen LogP contribution >= 0.6 is 0 Å². The maximum Gasteiger partial charge on any atom is 0.405 e. The Balaban J connectivity index is 2.07. The molecule has 29 heavy (non-hydrogen) atoms. The number of carbonyl (C=O) groups excluding carboxylic acids is 1. The number of primary amides is 1. The highest BCUT2D eigenvalue weighted by atomic mass is 19.1. The number of nitrogens with one attached hydrogen (secondary N) is 1. The molecular weight excluding hydrogens is 380 g/mol. The van der Waals surface area contributed by atoms with Crippen molar-refractivity contribution in [3.05, 3.63) is 89.2 Å². The fourth-order valence-corrected chi connectivity index (χ4v) is 3.09. The lowest BCUT2D eigenvalue weighted by Gasteiger charge is -2.20. The summed E-state index contributed by atoms with van der Waals surface area (Å²) in [4.78, 5) is 27.1. The van der Waals surface area contributed by atoms with Crippen molar-refractivity contribution in [2.45, 2.75) is 12.5 Å². The van der Waals surface area contributed by atoms with Gasteiger partial charge in [0.2, 0.25) is 0 Å². The largest absolute Gasteiger partial charge is 0.465 e. The van der Waals surface area contributed by atoms with Crippen LogP contribution in [0.2, 0.25) is 0 Å². The maximum atomic E-state index is 13.9. The number of carbonyl (C=O) groups is 2. The van der Waals surface area contributed by atoms with E-state index in [1.54, 1.807) is 18.2 Å². The van der Waals surface area contributed by atoms with Gasteiger partial charge in [-0.1, -0.05) is 24.3 Å². The van der Waals surface area contributed by atoms with Crippen molar-refractivity contribution in [3.8, 4) is 11.1 Å². The van der Waals surface area contributed by atoms with E-state index in [2.05, 4.69) is 10.3 Å². The summed E-state index contributed by atoms with van der Waals surface area (Å²) >= 11 is 0. The van der Waals surface area contributed by atoms with Gasteiger partial charge in [-0.05, 0) is 47.9 Å². The van der Waals surface area contributed by atoms with Crippen LogP contribution in [0.4, 0.5) is 13.6 Å². The van der Waals surface area contributed by atoms with E-state index in [4.69, 9.17) is 5.73 Å². The summed E-state index contributed by atoms with van der Waals surface area (Å²) in [6.07, 6.45) is 0.345. The van der Waals surface area contributed by atoms with Crippen molar-refractivity contribution >= 4 is 12.0 Å². The SMILES string of the molecule is NC(=O)c1cc(-c2cccnc2C(Cc2cccc(F)c2)NC(=O)O)ccc1F. The van der Waals surface area contributed by atoms with Gasteiger partial charge in [-0.15, -0.1) is 0 Å². The molecule has 8 heteroatoms. The van der Waals surface area contributed by atoms with Crippen molar-refractivity contribution in [3.63, 3.8) is 0 Å². The molecule has 0 aliphatic rings. The molecule has 1 unspecified atom stereocenters. The van der Waals surface area contributed by atoms with E-state index < -0.39 is 29.7 Å². The van der Waals surface area contributed by atoms with Crippen LogP contribution in [0, 0.1) is 11.6 Å². The Kier molecular flexibility index (Phi) is 5.82. The molecule has 2 amide bonds. The number of pyridine rings is 1. The van der Waals surface area contributed by atoms with Crippen molar-refractivity contribution in [2.75, 3.05) is 0 Å². The number of hydrogen-bond acceptors (Lipinski definition) is 3. The standard InChI is InChI=1S/C21H17F2N3O3/c22-14-4-1-3-12(9-14)10-18(26-21(28)29)19-15(5-2-8-25-19)13-6-7-17(23)16(11-13)20(24)27/h1-9,11,18,26H,10H2,(H2,24,27)(H,28,29). The zero-order valence-electron chi connectivity index (χ0n) is 15.1. The highest BCUT2D eigenvalue weighted by Crippen LogP contribution is 2.30. The van der Waals surface area contributed by atoms with Crippen molar-refractivity contribution in [1.82, 2.24) is 10.3 Å². The van der Waals surface area contributed by atoms with Crippen molar-refractivity contribution < 1.29 is 23.5 Å². The highest BCUT2D eigenvalue weighted by molar-refractivity contribution is 5.94. The zero-order valence-corrected chi connectivity index (χ0v) is 15.1. The Labute approximate surface area is 165 Å². The number of hydrogen-bond donors (Lipinski definition) is 3. The number of amides is 2. The Hall–Kier alpha value is -3.81. The average Bonchev–Trinajstić information content (AvgIpc) is 2.67. The summed E-state index contributed by atoms with van der Waals surface area (Å²) in [6.45, 7) is 0. The fraction of sp³-hybridized carbons (Fsp3) is 0.0952. The Bertz CT molecular complexity index is 1070. The number of halogens is 2. The normalized spacial score (nSPS) is 11.7. The van der Waals surface area contributed by atoms with Crippen LogP contribution in [-0.4, -0.2) is 22.1 Å². The molecule has 0 spiro atoms. The van der Waals surface area contributed by atoms with Gasteiger partial charge in [0.15, 0.2) is 0 Å². The van der Waals surface area contributed by atoms with Gasteiger partial charge in [-0.3, -0.25) is 9.78 Å². The summed E-state index contributed by atoms with van der Waals surface area (Å²) in [5, 5.41) is 11.7. The quantitative estimate of drug-likeness (QED) is 0.590. The molecule has 4 N–H and O–H groups in total. The number of nitrogens with zero attached hydrogens (tertiary/aromatic N) is 1. The minimum atomic E-state index is -1.28. The van der Waals surface area contributed by atoms with E-state index in [-0.39, 0.29) is 12.0 Å². The first-order valence-corrected chi connectivity index (χ1v) is 8.63. The summed E-state index contributed by atoms with van der Waals surface area (Å²) in [6, 6.07) is 12.1. The maximum absolute atomic E-state index is 13.9. The van der Waals surface area contributed by atoms with Gasteiger partial charge in [0.05, 0.1) is 17.3 Å². The lowest BCUT2D eigenvalue weighted by Crippen LogP contribution is -2.29. The van der Waals surface area contributed by atoms with Gasteiger partial charge in [0.25, 0.3) is 5.91 Å². The van der Waals surface area contributed by atoms with Gasteiger partial charge in [-0.2, -0.15) is 0 Å². The van der Waals surface area contributed by atoms with Crippen molar-refractivity contribution in [2.24, 2.45) is 5.73 Å². The molecule has 2 aromatic carbocycles. The number of aromatic nitrogens is 1. The van der Waals surface area contributed by atoms with E-state index in [0.29, 0.717) is 22.4 Å². The molecule has 3 rings (SSSR count). The predicted molar refractivity (Wildman–Crippen MR) is 102 cm³/mol. The third-order valence-electron chi connectivity index (χ3n) is 4.34. The Morgan fingerprint density at radius 3 is 2.59 bits per heavy atom. The van der Waals surface area contributed by atoms with E-state index in [1.165, 1.54) is 36.5 Å². The molecule has 1 heterocycles. The molecule has 0 fully saturated rings. The second-order valence-corrected chi connectivity index (χ2v) is 6.33. The number of carboxylic acid groups (broad SMARTS) is 1. The van der Waals surface area contributed by atoms with Gasteiger partial charge in [0.1, 0.15) is 11.6 Å². The first-order chi connectivity index (χ1) is 13.8. The van der Waals surface area contributed by atoms with Gasteiger partial charge in [0, 0.05) is 11.8 Å². The second kappa shape index (κ2) is 8.47. The topological polar surface area (TPSA) is 105 Å². The first kappa shape index (κ1) is 19.9.